The van der Waals surface area contributed by atoms with Gasteiger partial charge in [0.25, 0.3) is 5.91 Å². The van der Waals surface area contributed by atoms with Crippen LogP contribution >= 0.6 is 0 Å². The first-order valence-electron chi connectivity index (χ1n) is 6.48. The predicted octanol–water partition coefficient (Wildman–Crippen LogP) is 2.64. The summed E-state index contributed by atoms with van der Waals surface area (Å²) < 4.78 is 6.80. The quantitative estimate of drug-likeness (QED) is 0.801. The van der Waals surface area contributed by atoms with Crippen molar-refractivity contribution in [3.05, 3.63) is 53.9 Å². The van der Waals surface area contributed by atoms with Crippen molar-refractivity contribution in [3.63, 3.8) is 0 Å². The molecule has 0 radical (unpaired) electrons. The van der Waals surface area contributed by atoms with E-state index in [2.05, 4.69) is 15.6 Å². The Bertz CT molecular complexity index is 774. The van der Waals surface area contributed by atoms with Gasteiger partial charge in [0.2, 0.25) is 0 Å². The van der Waals surface area contributed by atoms with Gasteiger partial charge in [0, 0.05) is 24.9 Å². The van der Waals surface area contributed by atoms with Crippen LogP contribution in [-0.2, 0) is 7.05 Å². The molecule has 0 saturated carbocycles. The Kier molecular flexibility index (Phi) is 3.27. The van der Waals surface area contributed by atoms with E-state index < -0.39 is 0 Å². The lowest BCUT2D eigenvalue weighted by Gasteiger charge is -2.03. The summed E-state index contributed by atoms with van der Waals surface area (Å²) in [5.41, 5.74) is 1.79. The van der Waals surface area contributed by atoms with E-state index in [0.717, 1.165) is 5.56 Å². The number of aryl methyl sites for hydroxylation is 2. The van der Waals surface area contributed by atoms with Crippen molar-refractivity contribution in [2.75, 3.05) is 5.32 Å². The standard InChI is InChI=1S/C15H14N4O2/c1-10-13(15(20)16-12-8-9-19(2)17-12)14(18-21-10)11-6-4-3-5-7-11/h3-9H,1-2H3,(H,16,17,20). The lowest BCUT2D eigenvalue weighted by Crippen LogP contribution is -2.14. The van der Waals surface area contributed by atoms with Gasteiger partial charge in [-0.1, -0.05) is 35.5 Å². The first-order chi connectivity index (χ1) is 10.1. The van der Waals surface area contributed by atoms with Gasteiger partial charge in [0.15, 0.2) is 5.82 Å². The molecule has 6 heteroatoms. The average molecular weight is 282 g/mol. The van der Waals surface area contributed by atoms with Gasteiger partial charge in [0.1, 0.15) is 17.0 Å². The van der Waals surface area contributed by atoms with Gasteiger partial charge >= 0.3 is 0 Å². The molecule has 21 heavy (non-hydrogen) atoms. The third-order valence-corrected chi connectivity index (χ3v) is 3.09. The van der Waals surface area contributed by atoms with E-state index in [9.17, 15) is 4.79 Å². The Morgan fingerprint density at radius 2 is 2.00 bits per heavy atom. The Hall–Kier alpha value is -2.89. The van der Waals surface area contributed by atoms with Crippen LogP contribution in [0.4, 0.5) is 5.82 Å². The number of benzene rings is 1. The Morgan fingerprint density at radius 3 is 2.67 bits per heavy atom. The first kappa shape index (κ1) is 13.1. The summed E-state index contributed by atoms with van der Waals surface area (Å²) in [6.07, 6.45) is 1.76. The second kappa shape index (κ2) is 5.24. The molecule has 0 aliphatic heterocycles. The van der Waals surface area contributed by atoms with Gasteiger partial charge in [-0.05, 0) is 6.92 Å². The highest BCUT2D eigenvalue weighted by Gasteiger charge is 2.22. The Morgan fingerprint density at radius 1 is 1.24 bits per heavy atom. The minimum absolute atomic E-state index is 0.286. The van der Waals surface area contributed by atoms with Crippen LogP contribution in [0.25, 0.3) is 11.3 Å². The smallest absolute Gasteiger partial charge is 0.262 e. The molecule has 2 heterocycles. The van der Waals surface area contributed by atoms with Crippen LogP contribution in [0.3, 0.4) is 0 Å². The number of anilines is 1. The number of aromatic nitrogens is 3. The lowest BCUT2D eigenvalue weighted by molar-refractivity contribution is 0.102. The molecule has 3 aromatic rings. The van der Waals surface area contributed by atoms with Crippen LogP contribution in [0.15, 0.2) is 47.1 Å². The zero-order chi connectivity index (χ0) is 14.8. The maximum Gasteiger partial charge on any atom is 0.262 e. The molecule has 0 unspecified atom stereocenters. The van der Waals surface area contributed by atoms with Crippen molar-refractivity contribution in [3.8, 4) is 11.3 Å². The third kappa shape index (κ3) is 2.55. The third-order valence-electron chi connectivity index (χ3n) is 3.09. The number of carbonyl (C=O) groups excluding carboxylic acids is 1. The van der Waals surface area contributed by atoms with Crippen molar-refractivity contribution in [1.82, 2.24) is 14.9 Å². The lowest BCUT2D eigenvalue weighted by atomic mass is 10.1. The van der Waals surface area contributed by atoms with Gasteiger partial charge in [-0.25, -0.2) is 0 Å². The number of rotatable bonds is 3. The molecule has 1 N–H and O–H groups in total. The molecule has 0 aliphatic carbocycles. The summed E-state index contributed by atoms with van der Waals surface area (Å²) in [4.78, 5) is 12.4. The highest BCUT2D eigenvalue weighted by atomic mass is 16.5. The number of hydrogen-bond donors (Lipinski definition) is 1. The highest BCUT2D eigenvalue weighted by molar-refractivity contribution is 6.08. The fourth-order valence-electron chi connectivity index (χ4n) is 2.09. The Balaban J connectivity index is 1.95. The molecule has 2 aromatic heterocycles. The number of carbonyl (C=O) groups is 1. The van der Waals surface area contributed by atoms with Gasteiger partial charge < -0.3 is 9.84 Å². The van der Waals surface area contributed by atoms with Crippen molar-refractivity contribution < 1.29 is 9.32 Å². The topological polar surface area (TPSA) is 73.0 Å². The molecule has 0 saturated heterocycles. The molecule has 0 aliphatic rings. The van der Waals surface area contributed by atoms with Crippen molar-refractivity contribution in [1.29, 1.82) is 0 Å². The second-order valence-corrected chi connectivity index (χ2v) is 4.66. The number of hydrogen-bond acceptors (Lipinski definition) is 4. The van der Waals surface area contributed by atoms with Crippen LogP contribution in [0.1, 0.15) is 16.1 Å². The maximum absolute atomic E-state index is 12.4. The average Bonchev–Trinajstić information content (AvgIpc) is 3.06. The summed E-state index contributed by atoms with van der Waals surface area (Å²) in [5.74, 6) is 0.677. The fraction of sp³-hybridized carbons (Fsp3) is 0.133. The summed E-state index contributed by atoms with van der Waals surface area (Å²) in [6, 6.07) is 11.2. The summed E-state index contributed by atoms with van der Waals surface area (Å²) in [6.45, 7) is 1.72. The van der Waals surface area contributed by atoms with Crippen LogP contribution < -0.4 is 5.32 Å². The fourth-order valence-corrected chi connectivity index (χ4v) is 2.09. The summed E-state index contributed by atoms with van der Waals surface area (Å²) in [7, 11) is 1.79. The predicted molar refractivity (Wildman–Crippen MR) is 77.8 cm³/mol. The van der Waals surface area contributed by atoms with E-state index in [1.54, 1.807) is 30.9 Å². The number of nitrogens with zero attached hydrogens (tertiary/aromatic N) is 3. The van der Waals surface area contributed by atoms with Crippen LogP contribution in [-0.4, -0.2) is 20.8 Å². The monoisotopic (exact) mass is 282 g/mol. The largest absolute Gasteiger partial charge is 0.360 e. The summed E-state index contributed by atoms with van der Waals surface area (Å²) >= 11 is 0. The molecule has 0 spiro atoms. The van der Waals surface area contributed by atoms with E-state index in [-0.39, 0.29) is 5.91 Å². The zero-order valence-electron chi connectivity index (χ0n) is 11.7. The number of amides is 1. The van der Waals surface area contributed by atoms with Crippen molar-refractivity contribution >= 4 is 11.7 Å². The molecule has 0 atom stereocenters. The SMILES string of the molecule is Cc1onc(-c2ccccc2)c1C(=O)Nc1ccn(C)n1. The van der Waals surface area contributed by atoms with Gasteiger partial charge in [-0.2, -0.15) is 5.10 Å². The normalized spacial score (nSPS) is 10.6. The molecular formula is C15H14N4O2. The molecule has 0 bridgehead atoms. The van der Waals surface area contributed by atoms with E-state index in [1.807, 2.05) is 30.3 Å². The molecule has 0 fully saturated rings. The van der Waals surface area contributed by atoms with Gasteiger partial charge in [0.05, 0.1) is 0 Å². The van der Waals surface area contributed by atoms with Crippen LogP contribution in [0, 0.1) is 6.92 Å². The minimum Gasteiger partial charge on any atom is -0.360 e. The molecule has 106 valence electrons. The van der Waals surface area contributed by atoms with Gasteiger partial charge in [-0.3, -0.25) is 9.48 Å². The molecule has 3 rings (SSSR count). The first-order valence-corrected chi connectivity index (χ1v) is 6.48. The van der Waals surface area contributed by atoms with E-state index in [4.69, 9.17) is 4.52 Å². The van der Waals surface area contributed by atoms with Crippen molar-refractivity contribution in [2.24, 2.45) is 7.05 Å². The van der Waals surface area contributed by atoms with E-state index in [0.29, 0.717) is 22.8 Å². The van der Waals surface area contributed by atoms with Crippen LogP contribution in [0.2, 0.25) is 0 Å². The molecule has 1 amide bonds. The second-order valence-electron chi connectivity index (χ2n) is 4.66. The minimum atomic E-state index is -0.286. The maximum atomic E-state index is 12.4. The van der Waals surface area contributed by atoms with E-state index >= 15 is 0 Å². The highest BCUT2D eigenvalue weighted by Crippen LogP contribution is 2.25. The summed E-state index contributed by atoms with van der Waals surface area (Å²) in [5, 5.41) is 10.9. The zero-order valence-corrected chi connectivity index (χ0v) is 11.7. The molecule has 6 nitrogen and oxygen atoms in total. The van der Waals surface area contributed by atoms with Gasteiger partial charge in [-0.15, -0.1) is 0 Å². The van der Waals surface area contributed by atoms with Crippen LogP contribution in [0.5, 0.6) is 0 Å². The number of nitrogens with one attached hydrogen (secondary N) is 1. The van der Waals surface area contributed by atoms with E-state index in [1.165, 1.54) is 0 Å². The van der Waals surface area contributed by atoms with Crippen molar-refractivity contribution in [2.45, 2.75) is 6.92 Å². The Labute approximate surface area is 121 Å². The molecular weight excluding hydrogens is 268 g/mol. The molecule has 1 aromatic carbocycles.